The molecule has 1 fully saturated rings. The maximum absolute atomic E-state index is 12.1. The van der Waals surface area contributed by atoms with Crippen LogP contribution in [0.15, 0.2) is 4.99 Å². The van der Waals surface area contributed by atoms with Crippen LogP contribution in [0.2, 0.25) is 0 Å². The first-order valence-corrected chi connectivity index (χ1v) is 10.1. The van der Waals surface area contributed by atoms with E-state index in [0.29, 0.717) is 18.3 Å². The van der Waals surface area contributed by atoms with Gasteiger partial charge >= 0.3 is 0 Å². The second-order valence-corrected chi connectivity index (χ2v) is 9.52. The first-order chi connectivity index (χ1) is 10.4. The lowest BCUT2D eigenvalue weighted by molar-refractivity contribution is 0.304. The Kier molecular flexibility index (Phi) is 8.44. The highest BCUT2D eigenvalue weighted by Gasteiger charge is 2.21. The van der Waals surface area contributed by atoms with Crippen LogP contribution in [-0.2, 0) is 10.8 Å². The van der Waals surface area contributed by atoms with Gasteiger partial charge in [-0.05, 0) is 59.3 Å². The Morgan fingerprint density at radius 2 is 1.82 bits per heavy atom. The van der Waals surface area contributed by atoms with Crippen molar-refractivity contribution in [3.05, 3.63) is 0 Å². The summed E-state index contributed by atoms with van der Waals surface area (Å²) >= 11 is 0. The molecule has 0 radical (unpaired) electrons. The molecule has 0 aromatic carbocycles. The molecule has 4 nitrogen and oxygen atoms in total. The maximum Gasteiger partial charge on any atom is 0.191 e. The number of hydrogen-bond donors (Lipinski definition) is 2. The van der Waals surface area contributed by atoms with Crippen LogP contribution >= 0.6 is 0 Å². The monoisotopic (exact) mass is 329 g/mol. The van der Waals surface area contributed by atoms with Crippen LogP contribution in [0.1, 0.15) is 66.7 Å². The van der Waals surface area contributed by atoms with E-state index in [1.54, 1.807) is 0 Å². The lowest BCUT2D eigenvalue weighted by Crippen LogP contribution is -2.45. The van der Waals surface area contributed by atoms with Crippen LogP contribution in [-0.4, -0.2) is 39.8 Å². The van der Waals surface area contributed by atoms with Crippen molar-refractivity contribution in [2.24, 2.45) is 10.9 Å². The van der Waals surface area contributed by atoms with Gasteiger partial charge in [0, 0.05) is 33.9 Å². The number of rotatable bonds is 6. The SMILES string of the molecule is CCNC(=NCCS(=O)C(C)(C)C)NC1CCC(CC)CC1. The first-order valence-electron chi connectivity index (χ1n) is 8.80. The van der Waals surface area contributed by atoms with Crippen LogP contribution in [0, 0.1) is 5.92 Å². The summed E-state index contributed by atoms with van der Waals surface area (Å²) in [6, 6.07) is 0.536. The topological polar surface area (TPSA) is 53.5 Å². The minimum Gasteiger partial charge on any atom is -0.357 e. The standard InChI is InChI=1S/C17H35N3OS/c1-6-14-8-10-15(11-9-14)20-16(18-7-2)19-12-13-22(21)17(3,4)5/h14-15H,6-13H2,1-5H3,(H2,18,19,20). The van der Waals surface area contributed by atoms with E-state index in [9.17, 15) is 4.21 Å². The van der Waals surface area contributed by atoms with Gasteiger partial charge in [0.15, 0.2) is 5.96 Å². The summed E-state index contributed by atoms with van der Waals surface area (Å²) in [6.07, 6.45) is 6.41. The van der Waals surface area contributed by atoms with Crippen molar-refractivity contribution in [3.63, 3.8) is 0 Å². The van der Waals surface area contributed by atoms with Gasteiger partial charge < -0.3 is 10.6 Å². The predicted molar refractivity (Wildman–Crippen MR) is 97.9 cm³/mol. The molecule has 130 valence electrons. The third kappa shape index (κ3) is 7.12. The van der Waals surface area contributed by atoms with E-state index in [1.807, 2.05) is 20.8 Å². The van der Waals surface area contributed by atoms with E-state index in [0.717, 1.165) is 18.4 Å². The van der Waals surface area contributed by atoms with Crippen LogP contribution in [0.5, 0.6) is 0 Å². The lowest BCUT2D eigenvalue weighted by Gasteiger charge is -2.29. The van der Waals surface area contributed by atoms with E-state index < -0.39 is 10.8 Å². The lowest BCUT2D eigenvalue weighted by atomic mass is 9.84. The summed E-state index contributed by atoms with van der Waals surface area (Å²) in [7, 11) is -0.833. The minimum absolute atomic E-state index is 0.153. The molecule has 1 aliphatic carbocycles. The Morgan fingerprint density at radius 1 is 1.18 bits per heavy atom. The largest absolute Gasteiger partial charge is 0.357 e. The zero-order valence-corrected chi connectivity index (χ0v) is 15.9. The van der Waals surface area contributed by atoms with Gasteiger partial charge in [-0.2, -0.15) is 0 Å². The number of nitrogens with one attached hydrogen (secondary N) is 2. The smallest absolute Gasteiger partial charge is 0.191 e. The third-order valence-corrected chi connectivity index (χ3v) is 6.26. The molecule has 0 aliphatic heterocycles. The van der Waals surface area contributed by atoms with Crippen molar-refractivity contribution in [1.29, 1.82) is 0 Å². The van der Waals surface area contributed by atoms with E-state index in [2.05, 4.69) is 29.5 Å². The molecule has 0 heterocycles. The Balaban J connectivity index is 2.44. The molecular formula is C17H35N3OS. The summed E-state index contributed by atoms with van der Waals surface area (Å²) in [6.45, 7) is 11.9. The van der Waals surface area contributed by atoms with E-state index in [1.165, 1.54) is 32.1 Å². The number of aliphatic imine (C=N–C) groups is 1. The Morgan fingerprint density at radius 3 is 2.32 bits per heavy atom. The Hall–Kier alpha value is -0.580. The van der Waals surface area contributed by atoms with E-state index in [-0.39, 0.29) is 4.75 Å². The fourth-order valence-electron chi connectivity index (χ4n) is 2.77. The van der Waals surface area contributed by atoms with Crippen molar-refractivity contribution in [2.45, 2.75) is 77.5 Å². The highest BCUT2D eigenvalue weighted by molar-refractivity contribution is 7.86. The average Bonchev–Trinajstić information content (AvgIpc) is 2.47. The highest BCUT2D eigenvalue weighted by atomic mass is 32.2. The molecule has 5 heteroatoms. The molecule has 0 amide bonds. The molecule has 1 saturated carbocycles. The third-order valence-electron chi connectivity index (χ3n) is 4.34. The quantitative estimate of drug-likeness (QED) is 0.582. The van der Waals surface area contributed by atoms with Gasteiger partial charge in [-0.1, -0.05) is 13.3 Å². The molecule has 2 N–H and O–H groups in total. The van der Waals surface area contributed by atoms with Crippen LogP contribution < -0.4 is 10.6 Å². The predicted octanol–water partition coefficient (Wildman–Crippen LogP) is 3.06. The molecule has 1 atom stereocenters. The zero-order valence-electron chi connectivity index (χ0n) is 15.1. The van der Waals surface area contributed by atoms with Crippen LogP contribution in [0.3, 0.4) is 0 Å². The normalized spacial score (nSPS) is 24.9. The van der Waals surface area contributed by atoms with Crippen LogP contribution in [0.4, 0.5) is 0 Å². The zero-order chi connectivity index (χ0) is 16.6. The van der Waals surface area contributed by atoms with E-state index in [4.69, 9.17) is 0 Å². The molecule has 0 bridgehead atoms. The molecule has 22 heavy (non-hydrogen) atoms. The summed E-state index contributed by atoms with van der Waals surface area (Å²) in [4.78, 5) is 4.60. The van der Waals surface area contributed by atoms with Gasteiger partial charge in [0.2, 0.25) is 0 Å². The van der Waals surface area contributed by atoms with Gasteiger partial charge in [-0.3, -0.25) is 9.20 Å². The fourth-order valence-corrected chi connectivity index (χ4v) is 3.64. The summed E-state index contributed by atoms with van der Waals surface area (Å²) in [5.41, 5.74) is 0. The van der Waals surface area contributed by atoms with Gasteiger partial charge in [-0.15, -0.1) is 0 Å². The van der Waals surface area contributed by atoms with Gasteiger partial charge in [0.25, 0.3) is 0 Å². The molecule has 0 saturated heterocycles. The molecule has 0 aromatic rings. The molecule has 1 rings (SSSR count). The summed E-state index contributed by atoms with van der Waals surface area (Å²) in [5.74, 6) is 2.42. The molecule has 1 unspecified atom stereocenters. The molecule has 0 aromatic heterocycles. The second kappa shape index (κ2) is 9.53. The Bertz CT molecular complexity index is 369. The van der Waals surface area contributed by atoms with Gasteiger partial charge in [0.1, 0.15) is 0 Å². The maximum atomic E-state index is 12.1. The van der Waals surface area contributed by atoms with Crippen LogP contribution in [0.25, 0.3) is 0 Å². The molecule has 0 spiro atoms. The van der Waals surface area contributed by atoms with Crippen molar-refractivity contribution < 1.29 is 4.21 Å². The first kappa shape index (κ1) is 19.5. The summed E-state index contributed by atoms with van der Waals surface area (Å²) < 4.78 is 11.9. The van der Waals surface area contributed by atoms with Gasteiger partial charge in [-0.25, -0.2) is 0 Å². The highest BCUT2D eigenvalue weighted by Crippen LogP contribution is 2.26. The minimum atomic E-state index is -0.833. The van der Waals surface area contributed by atoms with Crippen molar-refractivity contribution in [2.75, 3.05) is 18.8 Å². The van der Waals surface area contributed by atoms with Gasteiger partial charge in [0.05, 0.1) is 6.54 Å². The molecule has 1 aliphatic rings. The second-order valence-electron chi connectivity index (χ2n) is 7.19. The number of guanidine groups is 1. The van der Waals surface area contributed by atoms with Crippen molar-refractivity contribution >= 4 is 16.8 Å². The summed E-state index contributed by atoms with van der Waals surface area (Å²) in [5, 5.41) is 6.86. The fraction of sp³-hybridized carbons (Fsp3) is 0.941. The Labute approximate surface area is 139 Å². The average molecular weight is 330 g/mol. The van der Waals surface area contributed by atoms with Crippen molar-refractivity contribution in [1.82, 2.24) is 10.6 Å². The van der Waals surface area contributed by atoms with Crippen molar-refractivity contribution in [3.8, 4) is 0 Å². The molecular weight excluding hydrogens is 294 g/mol. The van der Waals surface area contributed by atoms with E-state index >= 15 is 0 Å². The number of hydrogen-bond acceptors (Lipinski definition) is 2. The number of nitrogens with zero attached hydrogens (tertiary/aromatic N) is 1.